The Balaban J connectivity index is 1.77. The number of hydrogen-bond donors (Lipinski definition) is 1. The van der Waals surface area contributed by atoms with E-state index in [2.05, 4.69) is 31.2 Å². The van der Waals surface area contributed by atoms with E-state index < -0.39 is 11.6 Å². The largest absolute Gasteiger partial charge is 0.504 e. The highest BCUT2D eigenvalue weighted by Crippen LogP contribution is 2.33. The molecule has 3 aromatic carbocycles. The van der Waals surface area contributed by atoms with Crippen molar-refractivity contribution in [3.8, 4) is 28.0 Å². The van der Waals surface area contributed by atoms with Gasteiger partial charge in [-0.3, -0.25) is 4.79 Å². The zero-order valence-electron chi connectivity index (χ0n) is 18.5. The number of carbonyl (C=O) groups is 1. The van der Waals surface area contributed by atoms with Crippen LogP contribution >= 0.6 is 0 Å². The van der Waals surface area contributed by atoms with Crippen molar-refractivity contribution in [2.75, 3.05) is 0 Å². The zero-order chi connectivity index (χ0) is 22.2. The number of halogens is 1. The third-order valence-electron chi connectivity index (χ3n) is 5.73. The summed E-state index contributed by atoms with van der Waals surface area (Å²) >= 11 is 0. The summed E-state index contributed by atoms with van der Waals surface area (Å²) in [7, 11) is 0. The SMILES string of the molecule is CCCCCc1ccc(-c2ccc(-c3ccc(C(=O)CCCC)c(O)c3F)cc2)cc1. The number of aromatic hydroxyl groups is 1. The van der Waals surface area contributed by atoms with E-state index in [9.17, 15) is 14.3 Å². The summed E-state index contributed by atoms with van der Waals surface area (Å²) in [4.78, 5) is 12.2. The van der Waals surface area contributed by atoms with Crippen LogP contribution < -0.4 is 0 Å². The highest BCUT2D eigenvalue weighted by molar-refractivity contribution is 5.99. The van der Waals surface area contributed by atoms with E-state index in [0.29, 0.717) is 17.5 Å². The first kappa shape index (κ1) is 22.7. The Bertz CT molecular complexity index is 1000. The van der Waals surface area contributed by atoms with Crippen LogP contribution in [-0.4, -0.2) is 10.9 Å². The molecule has 31 heavy (non-hydrogen) atoms. The van der Waals surface area contributed by atoms with Crippen molar-refractivity contribution >= 4 is 5.78 Å². The highest BCUT2D eigenvalue weighted by atomic mass is 19.1. The summed E-state index contributed by atoms with van der Waals surface area (Å²) < 4.78 is 14.8. The number of benzene rings is 3. The second-order valence-electron chi connectivity index (χ2n) is 8.08. The third-order valence-corrected chi connectivity index (χ3v) is 5.73. The number of aryl methyl sites for hydroxylation is 1. The predicted molar refractivity (Wildman–Crippen MR) is 126 cm³/mol. The smallest absolute Gasteiger partial charge is 0.173 e. The monoisotopic (exact) mass is 418 g/mol. The van der Waals surface area contributed by atoms with Gasteiger partial charge >= 0.3 is 0 Å². The Morgan fingerprint density at radius 1 is 0.774 bits per heavy atom. The van der Waals surface area contributed by atoms with E-state index in [1.807, 2.05) is 31.2 Å². The van der Waals surface area contributed by atoms with Gasteiger partial charge < -0.3 is 5.11 Å². The number of hydrogen-bond acceptors (Lipinski definition) is 2. The van der Waals surface area contributed by atoms with Crippen molar-refractivity contribution in [3.63, 3.8) is 0 Å². The maximum atomic E-state index is 14.8. The number of phenols is 1. The lowest BCUT2D eigenvalue weighted by molar-refractivity contribution is 0.0976. The fraction of sp³-hybridized carbons (Fsp3) is 0.321. The van der Waals surface area contributed by atoms with Gasteiger partial charge in [-0.1, -0.05) is 87.7 Å². The van der Waals surface area contributed by atoms with Crippen LogP contribution in [0.15, 0.2) is 60.7 Å². The quantitative estimate of drug-likeness (QED) is 0.268. The molecule has 0 fully saturated rings. The van der Waals surface area contributed by atoms with E-state index in [1.165, 1.54) is 30.9 Å². The molecule has 0 radical (unpaired) electrons. The first-order valence-corrected chi connectivity index (χ1v) is 11.3. The molecule has 0 aliphatic rings. The van der Waals surface area contributed by atoms with Crippen LogP contribution in [0.5, 0.6) is 5.75 Å². The first-order valence-electron chi connectivity index (χ1n) is 11.3. The summed E-state index contributed by atoms with van der Waals surface area (Å²) in [6.07, 6.45) is 6.71. The van der Waals surface area contributed by atoms with Crippen LogP contribution in [0.1, 0.15) is 68.3 Å². The van der Waals surface area contributed by atoms with Crippen molar-refractivity contribution in [1.29, 1.82) is 0 Å². The molecule has 162 valence electrons. The van der Waals surface area contributed by atoms with Crippen molar-refractivity contribution in [1.82, 2.24) is 0 Å². The van der Waals surface area contributed by atoms with Crippen molar-refractivity contribution in [2.45, 2.75) is 58.8 Å². The molecule has 0 spiro atoms. The lowest BCUT2D eigenvalue weighted by Gasteiger charge is -2.10. The van der Waals surface area contributed by atoms with Gasteiger partial charge in [0.1, 0.15) is 0 Å². The fourth-order valence-electron chi connectivity index (χ4n) is 3.77. The first-order chi connectivity index (χ1) is 15.0. The lowest BCUT2D eigenvalue weighted by atomic mass is 9.96. The van der Waals surface area contributed by atoms with Gasteiger partial charge in [0.05, 0.1) is 5.56 Å². The second kappa shape index (κ2) is 10.9. The predicted octanol–water partition coefficient (Wildman–Crippen LogP) is 7.97. The molecule has 0 atom stereocenters. The van der Waals surface area contributed by atoms with E-state index >= 15 is 0 Å². The Hall–Kier alpha value is -2.94. The Kier molecular flexibility index (Phi) is 8.00. The molecule has 0 heterocycles. The van der Waals surface area contributed by atoms with Crippen molar-refractivity contribution < 1.29 is 14.3 Å². The summed E-state index contributed by atoms with van der Waals surface area (Å²) in [5.41, 5.74) is 4.54. The van der Waals surface area contributed by atoms with Gasteiger partial charge in [0.15, 0.2) is 17.3 Å². The number of rotatable bonds is 10. The summed E-state index contributed by atoms with van der Waals surface area (Å²) in [6, 6.07) is 19.3. The van der Waals surface area contributed by atoms with Crippen LogP contribution in [0.3, 0.4) is 0 Å². The number of ketones is 1. The van der Waals surface area contributed by atoms with Gasteiger partial charge in [-0.05, 0) is 47.6 Å². The molecule has 0 aliphatic heterocycles. The number of phenolic OH excluding ortho intramolecular Hbond substituents is 1. The standard InChI is InChI=1S/C28H31FO2/c1-3-5-7-8-20-10-12-21(13-11-20)22-14-16-23(17-15-22)24-18-19-25(28(31)27(24)29)26(30)9-6-4-2/h10-19,31H,3-9H2,1-2H3. The Morgan fingerprint density at radius 2 is 1.35 bits per heavy atom. The molecule has 3 rings (SSSR count). The summed E-state index contributed by atoms with van der Waals surface area (Å²) in [5.74, 6) is -1.52. The topological polar surface area (TPSA) is 37.3 Å². The van der Waals surface area contributed by atoms with Crippen LogP contribution in [0, 0.1) is 5.82 Å². The maximum Gasteiger partial charge on any atom is 0.173 e. The van der Waals surface area contributed by atoms with Crippen LogP contribution in [0.4, 0.5) is 4.39 Å². The van der Waals surface area contributed by atoms with Gasteiger partial charge in [-0.25, -0.2) is 4.39 Å². The molecule has 0 aromatic heterocycles. The average molecular weight is 419 g/mol. The highest BCUT2D eigenvalue weighted by Gasteiger charge is 2.18. The maximum absolute atomic E-state index is 14.8. The minimum absolute atomic E-state index is 0.0605. The van der Waals surface area contributed by atoms with E-state index in [1.54, 1.807) is 6.07 Å². The van der Waals surface area contributed by atoms with Crippen LogP contribution in [0.2, 0.25) is 0 Å². The molecular formula is C28H31FO2. The van der Waals surface area contributed by atoms with Gasteiger partial charge in [0.25, 0.3) is 0 Å². The average Bonchev–Trinajstić information content (AvgIpc) is 2.80. The number of Topliss-reactive ketones (excluding diaryl/α,β-unsaturated/α-hetero) is 1. The lowest BCUT2D eigenvalue weighted by Crippen LogP contribution is -2.01. The van der Waals surface area contributed by atoms with Crippen LogP contribution in [-0.2, 0) is 6.42 Å². The van der Waals surface area contributed by atoms with E-state index in [0.717, 1.165) is 30.4 Å². The molecule has 2 nitrogen and oxygen atoms in total. The van der Waals surface area contributed by atoms with E-state index in [-0.39, 0.29) is 11.3 Å². The zero-order valence-corrected chi connectivity index (χ0v) is 18.5. The molecule has 3 aromatic rings. The third kappa shape index (κ3) is 5.61. The molecule has 0 amide bonds. The molecule has 0 saturated carbocycles. The van der Waals surface area contributed by atoms with Crippen molar-refractivity contribution in [3.05, 3.63) is 77.6 Å². The number of unbranched alkanes of at least 4 members (excludes halogenated alkanes) is 3. The second-order valence-corrected chi connectivity index (χ2v) is 8.08. The van der Waals surface area contributed by atoms with Gasteiger partial charge in [0.2, 0.25) is 0 Å². The normalized spacial score (nSPS) is 10.9. The Labute approximate surface area is 184 Å². The van der Waals surface area contributed by atoms with Crippen molar-refractivity contribution in [2.24, 2.45) is 0 Å². The summed E-state index contributed by atoms with van der Waals surface area (Å²) in [5, 5.41) is 10.2. The Morgan fingerprint density at radius 3 is 1.97 bits per heavy atom. The van der Waals surface area contributed by atoms with Gasteiger partial charge in [-0.15, -0.1) is 0 Å². The molecule has 3 heteroatoms. The molecule has 0 aliphatic carbocycles. The minimum atomic E-state index is -0.744. The van der Waals surface area contributed by atoms with Crippen LogP contribution in [0.25, 0.3) is 22.3 Å². The fourth-order valence-corrected chi connectivity index (χ4v) is 3.77. The number of carbonyl (C=O) groups excluding carboxylic acids is 1. The van der Waals surface area contributed by atoms with E-state index in [4.69, 9.17) is 0 Å². The van der Waals surface area contributed by atoms with Gasteiger partial charge in [-0.2, -0.15) is 0 Å². The minimum Gasteiger partial charge on any atom is -0.504 e. The molecule has 0 bridgehead atoms. The molecule has 0 saturated heterocycles. The molecule has 1 N–H and O–H groups in total. The van der Waals surface area contributed by atoms with Gasteiger partial charge in [0, 0.05) is 12.0 Å². The molecular weight excluding hydrogens is 387 g/mol. The summed E-state index contributed by atoms with van der Waals surface area (Å²) in [6.45, 7) is 4.20. The molecule has 0 unspecified atom stereocenters.